The van der Waals surface area contributed by atoms with Crippen molar-refractivity contribution in [3.05, 3.63) is 29.8 Å². The minimum absolute atomic E-state index is 0.00688. The number of carbonyl (C=O) groups excluding carboxylic acids is 3. The van der Waals surface area contributed by atoms with Crippen LogP contribution in [-0.2, 0) is 9.59 Å². The summed E-state index contributed by atoms with van der Waals surface area (Å²) in [7, 11) is 1.57. The number of nitrogens with one attached hydrogen (secondary N) is 2. The maximum absolute atomic E-state index is 12.3. The van der Waals surface area contributed by atoms with Crippen LogP contribution in [0.2, 0.25) is 0 Å². The summed E-state index contributed by atoms with van der Waals surface area (Å²) < 4.78 is 0. The summed E-state index contributed by atoms with van der Waals surface area (Å²) in [6.07, 6.45) is 1.62. The van der Waals surface area contributed by atoms with Gasteiger partial charge in [-0.25, -0.2) is 0 Å². The van der Waals surface area contributed by atoms with E-state index in [0.717, 1.165) is 19.4 Å². The summed E-state index contributed by atoms with van der Waals surface area (Å²) in [5.41, 5.74) is 1.19. The zero-order valence-electron chi connectivity index (χ0n) is 12.9. The van der Waals surface area contributed by atoms with E-state index in [9.17, 15) is 14.4 Å². The van der Waals surface area contributed by atoms with Crippen LogP contribution < -0.4 is 10.6 Å². The number of likely N-dealkylation sites (tertiary alicyclic amines) is 1. The Morgan fingerprint density at radius 1 is 1.18 bits per heavy atom. The predicted molar refractivity (Wildman–Crippen MR) is 83.4 cm³/mol. The van der Waals surface area contributed by atoms with E-state index in [-0.39, 0.29) is 23.6 Å². The van der Waals surface area contributed by atoms with Gasteiger partial charge in [0.1, 0.15) is 0 Å². The van der Waals surface area contributed by atoms with Gasteiger partial charge in [-0.1, -0.05) is 0 Å². The third-order valence-electron chi connectivity index (χ3n) is 3.88. The molecule has 0 radical (unpaired) electrons. The van der Waals surface area contributed by atoms with Crippen molar-refractivity contribution >= 4 is 23.4 Å². The van der Waals surface area contributed by atoms with Crippen molar-refractivity contribution < 1.29 is 14.4 Å². The first kappa shape index (κ1) is 16.0. The summed E-state index contributed by atoms with van der Waals surface area (Å²) in [6.45, 7) is 2.72. The Bertz CT molecular complexity index is 569. The molecule has 0 aliphatic carbocycles. The molecule has 1 aromatic rings. The topological polar surface area (TPSA) is 78.5 Å². The number of anilines is 1. The average Bonchev–Trinajstić information content (AvgIpc) is 2.54. The van der Waals surface area contributed by atoms with Gasteiger partial charge < -0.3 is 15.5 Å². The molecule has 0 saturated carbocycles. The molecule has 1 fully saturated rings. The number of benzene rings is 1. The Morgan fingerprint density at radius 2 is 1.86 bits per heavy atom. The van der Waals surface area contributed by atoms with Gasteiger partial charge in [0.25, 0.3) is 5.91 Å². The van der Waals surface area contributed by atoms with Crippen molar-refractivity contribution in [3.8, 4) is 0 Å². The normalized spacial score (nSPS) is 17.7. The molecule has 22 heavy (non-hydrogen) atoms. The summed E-state index contributed by atoms with van der Waals surface area (Å²) >= 11 is 0. The van der Waals surface area contributed by atoms with Crippen molar-refractivity contribution in [3.63, 3.8) is 0 Å². The largest absolute Gasteiger partial charge is 0.355 e. The maximum Gasteiger partial charge on any atom is 0.251 e. The molecule has 1 saturated heterocycles. The lowest BCUT2D eigenvalue weighted by Gasteiger charge is -2.31. The van der Waals surface area contributed by atoms with E-state index >= 15 is 0 Å². The monoisotopic (exact) mass is 303 g/mol. The summed E-state index contributed by atoms with van der Waals surface area (Å²) in [5.74, 6) is -0.426. The molecule has 6 heteroatoms. The molecule has 0 spiro atoms. The van der Waals surface area contributed by atoms with Gasteiger partial charge in [0, 0.05) is 38.3 Å². The van der Waals surface area contributed by atoms with Gasteiger partial charge in [0.05, 0.1) is 5.92 Å². The van der Waals surface area contributed by atoms with Crippen LogP contribution in [0.1, 0.15) is 30.1 Å². The molecule has 6 nitrogen and oxygen atoms in total. The van der Waals surface area contributed by atoms with Crippen LogP contribution in [0.3, 0.4) is 0 Å². The SMILES string of the molecule is CNC(=O)c1ccc(NC(=O)[C@@H]2CCCN(C(C)=O)C2)cc1. The Hall–Kier alpha value is -2.37. The van der Waals surface area contributed by atoms with E-state index in [2.05, 4.69) is 10.6 Å². The average molecular weight is 303 g/mol. The molecule has 3 amide bonds. The van der Waals surface area contributed by atoms with Crippen LogP contribution in [0.4, 0.5) is 5.69 Å². The summed E-state index contributed by atoms with van der Waals surface area (Å²) in [6, 6.07) is 6.73. The molecule has 0 bridgehead atoms. The van der Waals surface area contributed by atoms with Crippen molar-refractivity contribution in [2.24, 2.45) is 5.92 Å². The lowest BCUT2D eigenvalue weighted by atomic mass is 9.97. The van der Waals surface area contributed by atoms with Crippen molar-refractivity contribution in [2.45, 2.75) is 19.8 Å². The standard InChI is InChI=1S/C16H21N3O3/c1-11(20)19-9-3-4-13(10-19)16(22)18-14-7-5-12(6-8-14)15(21)17-2/h5-8,13H,3-4,9-10H2,1-2H3,(H,17,21)(H,18,22)/t13-/m1/s1. The number of hydrogen-bond donors (Lipinski definition) is 2. The number of amides is 3. The summed E-state index contributed by atoms with van der Waals surface area (Å²) in [4.78, 5) is 36.9. The number of piperidine rings is 1. The predicted octanol–water partition coefficient (Wildman–Crippen LogP) is 1.24. The molecule has 0 aromatic heterocycles. The van der Waals surface area contributed by atoms with E-state index < -0.39 is 0 Å². The molecular weight excluding hydrogens is 282 g/mol. The van der Waals surface area contributed by atoms with Crippen LogP contribution in [0.5, 0.6) is 0 Å². The first-order valence-electron chi connectivity index (χ1n) is 7.39. The van der Waals surface area contributed by atoms with E-state index in [4.69, 9.17) is 0 Å². The molecule has 0 unspecified atom stereocenters. The smallest absolute Gasteiger partial charge is 0.251 e. The van der Waals surface area contributed by atoms with Crippen LogP contribution in [0, 0.1) is 5.92 Å². The fraction of sp³-hybridized carbons (Fsp3) is 0.438. The van der Waals surface area contributed by atoms with Gasteiger partial charge >= 0.3 is 0 Å². The van der Waals surface area contributed by atoms with Gasteiger partial charge in [-0.2, -0.15) is 0 Å². The number of rotatable bonds is 3. The minimum Gasteiger partial charge on any atom is -0.355 e. The lowest BCUT2D eigenvalue weighted by molar-refractivity contribution is -0.132. The third kappa shape index (κ3) is 3.84. The van der Waals surface area contributed by atoms with Crippen molar-refractivity contribution in [1.29, 1.82) is 0 Å². The Morgan fingerprint density at radius 3 is 2.45 bits per heavy atom. The quantitative estimate of drug-likeness (QED) is 0.882. The molecule has 1 aliphatic rings. The highest BCUT2D eigenvalue weighted by Crippen LogP contribution is 2.19. The molecule has 118 valence electrons. The van der Waals surface area contributed by atoms with Crippen LogP contribution >= 0.6 is 0 Å². The molecule has 1 aromatic carbocycles. The molecule has 2 rings (SSSR count). The highest BCUT2D eigenvalue weighted by Gasteiger charge is 2.26. The van der Waals surface area contributed by atoms with Crippen molar-refractivity contribution in [1.82, 2.24) is 10.2 Å². The molecule has 1 atom stereocenters. The lowest BCUT2D eigenvalue weighted by Crippen LogP contribution is -2.42. The molecular formula is C16H21N3O3. The van der Waals surface area contributed by atoms with Gasteiger partial charge in [0.15, 0.2) is 0 Å². The first-order chi connectivity index (χ1) is 10.5. The Balaban J connectivity index is 1.96. The van der Waals surface area contributed by atoms with Crippen LogP contribution in [0.25, 0.3) is 0 Å². The second-order valence-corrected chi connectivity index (χ2v) is 5.45. The summed E-state index contributed by atoms with van der Waals surface area (Å²) in [5, 5.41) is 5.39. The van der Waals surface area contributed by atoms with Crippen LogP contribution in [0.15, 0.2) is 24.3 Å². The fourth-order valence-electron chi connectivity index (χ4n) is 2.57. The zero-order valence-corrected chi connectivity index (χ0v) is 12.9. The van der Waals surface area contributed by atoms with Crippen molar-refractivity contribution in [2.75, 3.05) is 25.5 Å². The van der Waals surface area contributed by atoms with E-state index in [1.54, 1.807) is 36.2 Å². The van der Waals surface area contributed by atoms with Gasteiger partial charge in [-0.3, -0.25) is 14.4 Å². The molecule has 1 aliphatic heterocycles. The third-order valence-corrected chi connectivity index (χ3v) is 3.88. The van der Waals surface area contributed by atoms with E-state index in [1.165, 1.54) is 6.92 Å². The second kappa shape index (κ2) is 7.06. The molecule has 2 N–H and O–H groups in total. The van der Waals surface area contributed by atoms with Gasteiger partial charge in [-0.05, 0) is 37.1 Å². The zero-order chi connectivity index (χ0) is 16.1. The number of hydrogen-bond acceptors (Lipinski definition) is 3. The molecule has 1 heterocycles. The Labute approximate surface area is 129 Å². The maximum atomic E-state index is 12.3. The Kier molecular flexibility index (Phi) is 5.14. The number of carbonyl (C=O) groups is 3. The number of nitrogens with zero attached hydrogens (tertiary/aromatic N) is 1. The van der Waals surface area contributed by atoms with Gasteiger partial charge in [-0.15, -0.1) is 0 Å². The highest BCUT2D eigenvalue weighted by molar-refractivity contribution is 5.96. The van der Waals surface area contributed by atoms with Crippen LogP contribution in [-0.4, -0.2) is 42.8 Å². The first-order valence-corrected chi connectivity index (χ1v) is 7.39. The fourth-order valence-corrected chi connectivity index (χ4v) is 2.57. The van der Waals surface area contributed by atoms with E-state index in [1.807, 2.05) is 0 Å². The van der Waals surface area contributed by atoms with E-state index in [0.29, 0.717) is 17.8 Å². The highest BCUT2D eigenvalue weighted by atomic mass is 16.2. The van der Waals surface area contributed by atoms with Gasteiger partial charge in [0.2, 0.25) is 11.8 Å². The minimum atomic E-state index is -0.184. The second-order valence-electron chi connectivity index (χ2n) is 5.45.